The van der Waals surface area contributed by atoms with Crippen molar-refractivity contribution in [2.24, 2.45) is 4.99 Å². The van der Waals surface area contributed by atoms with Gasteiger partial charge in [-0.25, -0.2) is 4.98 Å². The molecule has 0 atom stereocenters. The molecule has 0 aliphatic rings. The highest BCUT2D eigenvalue weighted by Crippen LogP contribution is 2.10. The zero-order chi connectivity index (χ0) is 16.0. The highest BCUT2D eigenvalue weighted by Gasteiger charge is 2.17. The number of nitrogens with zero attached hydrogens (tertiary/aromatic N) is 3. The van der Waals surface area contributed by atoms with Crippen LogP contribution in [0.2, 0.25) is 0 Å². The van der Waals surface area contributed by atoms with Crippen LogP contribution in [0.15, 0.2) is 10.4 Å². The summed E-state index contributed by atoms with van der Waals surface area (Å²) in [7, 11) is 3.58. The summed E-state index contributed by atoms with van der Waals surface area (Å²) >= 11 is 1.62. The number of aromatic nitrogens is 1. The summed E-state index contributed by atoms with van der Waals surface area (Å²) in [6.45, 7) is 8.23. The molecule has 0 radical (unpaired) electrons. The van der Waals surface area contributed by atoms with Gasteiger partial charge in [-0.1, -0.05) is 0 Å². The number of hydrogen-bond donors (Lipinski definition) is 1. The van der Waals surface area contributed by atoms with Crippen LogP contribution in [0.1, 0.15) is 31.5 Å². The number of nitrogens with one attached hydrogen (secondary N) is 1. The third kappa shape index (κ3) is 7.92. The van der Waals surface area contributed by atoms with E-state index in [2.05, 4.69) is 15.3 Å². The number of guanidine groups is 1. The van der Waals surface area contributed by atoms with Crippen LogP contribution in [0.4, 0.5) is 0 Å². The largest absolute Gasteiger partial charge is 0.459 e. The van der Waals surface area contributed by atoms with Crippen LogP contribution in [-0.4, -0.2) is 48.1 Å². The maximum Gasteiger partial charge on any atom is 0.325 e. The van der Waals surface area contributed by atoms with Crippen LogP contribution in [0, 0.1) is 6.92 Å². The molecule has 0 bridgehead atoms. The zero-order valence-electron chi connectivity index (χ0n) is 14.0. The first-order valence-corrected chi connectivity index (χ1v) is 7.64. The van der Waals surface area contributed by atoms with Gasteiger partial charge < -0.3 is 15.0 Å². The fourth-order valence-electron chi connectivity index (χ4n) is 1.71. The molecule has 0 unspecified atom stereocenters. The van der Waals surface area contributed by atoms with Gasteiger partial charge in [-0.2, -0.15) is 0 Å². The Morgan fingerprint density at radius 2 is 2.14 bits per heavy atom. The Balaban J connectivity index is 0.00000441. The van der Waals surface area contributed by atoms with E-state index in [0.717, 1.165) is 10.7 Å². The van der Waals surface area contributed by atoms with Crippen molar-refractivity contribution in [2.75, 3.05) is 20.6 Å². The van der Waals surface area contributed by atoms with Crippen molar-refractivity contribution in [1.82, 2.24) is 15.2 Å². The van der Waals surface area contributed by atoms with Crippen LogP contribution in [0.25, 0.3) is 0 Å². The van der Waals surface area contributed by atoms with Gasteiger partial charge in [0.1, 0.15) is 12.1 Å². The second-order valence-electron chi connectivity index (χ2n) is 5.70. The maximum absolute atomic E-state index is 11.7. The van der Waals surface area contributed by atoms with Crippen LogP contribution in [0.3, 0.4) is 0 Å². The molecule has 8 heteroatoms. The highest BCUT2D eigenvalue weighted by atomic mass is 127. The van der Waals surface area contributed by atoms with E-state index in [4.69, 9.17) is 4.74 Å². The number of aryl methyl sites for hydroxylation is 1. The lowest BCUT2D eigenvalue weighted by Gasteiger charge is -2.23. The van der Waals surface area contributed by atoms with Gasteiger partial charge in [0.25, 0.3) is 0 Å². The normalized spacial score (nSPS) is 11.6. The summed E-state index contributed by atoms with van der Waals surface area (Å²) in [5.41, 5.74) is 0.506. The van der Waals surface area contributed by atoms with Crippen LogP contribution < -0.4 is 5.32 Å². The van der Waals surface area contributed by atoms with Gasteiger partial charge in [0.15, 0.2) is 5.96 Å². The Hall–Kier alpha value is -0.900. The molecule has 0 aromatic carbocycles. The predicted octanol–water partition coefficient (Wildman–Crippen LogP) is 2.42. The predicted molar refractivity (Wildman–Crippen MR) is 101 cm³/mol. The Bertz CT molecular complexity index is 511. The smallest absolute Gasteiger partial charge is 0.325 e. The molecular weight excluding hydrogens is 415 g/mol. The molecule has 0 amide bonds. The van der Waals surface area contributed by atoms with Crippen LogP contribution >= 0.6 is 35.3 Å². The highest BCUT2D eigenvalue weighted by molar-refractivity contribution is 14.0. The van der Waals surface area contributed by atoms with Crippen molar-refractivity contribution < 1.29 is 9.53 Å². The van der Waals surface area contributed by atoms with E-state index in [1.54, 1.807) is 18.4 Å². The average Bonchev–Trinajstić information content (AvgIpc) is 2.73. The lowest BCUT2D eigenvalue weighted by Crippen LogP contribution is -2.42. The topological polar surface area (TPSA) is 66.8 Å². The second-order valence-corrected chi connectivity index (χ2v) is 6.76. The monoisotopic (exact) mass is 440 g/mol. The number of halogens is 1. The molecule has 126 valence electrons. The molecule has 0 fully saturated rings. The molecule has 0 spiro atoms. The van der Waals surface area contributed by atoms with Gasteiger partial charge in [-0.15, -0.1) is 35.3 Å². The quantitative estimate of drug-likeness (QED) is 0.337. The van der Waals surface area contributed by atoms with Crippen molar-refractivity contribution >= 4 is 47.2 Å². The molecule has 1 aromatic heterocycles. The standard InChI is InChI=1S/C14H24N4O2S.HI/c1-10-17-11(9-21-10)8-18(6)13(15-5)16-7-12(19)20-14(2,3)4;/h9H,7-8H2,1-6H3,(H,15,16);1H. The average molecular weight is 440 g/mol. The summed E-state index contributed by atoms with van der Waals surface area (Å²) in [5.74, 6) is 0.327. The third-order valence-corrected chi connectivity index (χ3v) is 3.27. The Morgan fingerprint density at radius 1 is 1.50 bits per heavy atom. The lowest BCUT2D eigenvalue weighted by atomic mass is 10.2. The molecular formula is C14H25IN4O2S. The first-order chi connectivity index (χ1) is 9.71. The van der Waals surface area contributed by atoms with E-state index in [9.17, 15) is 4.79 Å². The van der Waals surface area contributed by atoms with Gasteiger partial charge in [-0.3, -0.25) is 9.79 Å². The lowest BCUT2D eigenvalue weighted by molar-refractivity contribution is -0.153. The number of hydrogen-bond acceptors (Lipinski definition) is 5. The van der Waals surface area contributed by atoms with Crippen molar-refractivity contribution in [1.29, 1.82) is 0 Å². The SMILES string of the molecule is CN=C(NCC(=O)OC(C)(C)C)N(C)Cc1csc(C)n1.I. The van der Waals surface area contributed by atoms with Crippen molar-refractivity contribution in [3.8, 4) is 0 Å². The molecule has 6 nitrogen and oxygen atoms in total. The van der Waals surface area contributed by atoms with Gasteiger partial charge in [0.05, 0.1) is 17.2 Å². The molecule has 22 heavy (non-hydrogen) atoms. The van der Waals surface area contributed by atoms with E-state index in [0.29, 0.717) is 12.5 Å². The number of aliphatic imine (C=N–C) groups is 1. The molecule has 0 saturated heterocycles. The summed E-state index contributed by atoms with van der Waals surface area (Å²) in [6, 6.07) is 0. The molecule has 1 aromatic rings. The molecule has 1 heterocycles. The van der Waals surface area contributed by atoms with Gasteiger partial charge in [-0.05, 0) is 27.7 Å². The minimum absolute atomic E-state index is 0. The number of thiazole rings is 1. The second kappa shape index (κ2) is 9.29. The fourth-order valence-corrected chi connectivity index (χ4v) is 2.32. The van der Waals surface area contributed by atoms with Gasteiger partial charge in [0.2, 0.25) is 0 Å². The van der Waals surface area contributed by atoms with Gasteiger partial charge in [0, 0.05) is 19.5 Å². The van der Waals surface area contributed by atoms with E-state index in [1.807, 2.05) is 45.0 Å². The number of carbonyl (C=O) groups excluding carboxylic acids is 1. The molecule has 1 N–H and O–H groups in total. The molecule has 0 aliphatic heterocycles. The van der Waals surface area contributed by atoms with E-state index in [1.165, 1.54) is 0 Å². The Morgan fingerprint density at radius 3 is 2.59 bits per heavy atom. The van der Waals surface area contributed by atoms with Crippen molar-refractivity contribution in [3.05, 3.63) is 16.1 Å². The summed E-state index contributed by atoms with van der Waals surface area (Å²) in [4.78, 5) is 22.2. The maximum atomic E-state index is 11.7. The fraction of sp³-hybridized carbons (Fsp3) is 0.643. The first kappa shape index (κ1) is 21.1. The van der Waals surface area contributed by atoms with Crippen molar-refractivity contribution in [3.63, 3.8) is 0 Å². The molecule has 1 rings (SSSR count). The summed E-state index contributed by atoms with van der Waals surface area (Å²) < 4.78 is 5.25. The molecule has 0 saturated carbocycles. The molecule has 0 aliphatic carbocycles. The van der Waals surface area contributed by atoms with E-state index < -0.39 is 5.60 Å². The van der Waals surface area contributed by atoms with E-state index in [-0.39, 0.29) is 36.5 Å². The Labute approximate surface area is 153 Å². The van der Waals surface area contributed by atoms with Gasteiger partial charge >= 0.3 is 5.97 Å². The minimum Gasteiger partial charge on any atom is -0.459 e. The summed E-state index contributed by atoms with van der Waals surface area (Å²) in [6.07, 6.45) is 0. The zero-order valence-corrected chi connectivity index (χ0v) is 17.1. The first-order valence-electron chi connectivity index (χ1n) is 6.76. The summed E-state index contributed by atoms with van der Waals surface area (Å²) in [5, 5.41) is 6.05. The van der Waals surface area contributed by atoms with Crippen LogP contribution in [0.5, 0.6) is 0 Å². The third-order valence-electron chi connectivity index (χ3n) is 2.45. The van der Waals surface area contributed by atoms with Crippen molar-refractivity contribution in [2.45, 2.75) is 39.8 Å². The van der Waals surface area contributed by atoms with Crippen LogP contribution in [-0.2, 0) is 16.1 Å². The van der Waals surface area contributed by atoms with E-state index >= 15 is 0 Å². The minimum atomic E-state index is -0.480. The number of rotatable bonds is 4. The Kier molecular flexibility index (Phi) is 8.91. The number of ether oxygens (including phenoxy) is 1. The number of carbonyl (C=O) groups is 1. The number of esters is 1.